The number of alkyl carbamates (subject to hydrolysis) is 1. The number of ether oxygens (including phenoxy) is 1. The van der Waals surface area contributed by atoms with E-state index in [1.165, 1.54) is 11.8 Å². The van der Waals surface area contributed by atoms with E-state index in [2.05, 4.69) is 31.0 Å². The number of hydrogen-bond acceptors (Lipinski definition) is 5. The highest BCUT2D eigenvalue weighted by Crippen LogP contribution is 2.21. The number of nitrogens with one attached hydrogen (secondary N) is 1. The van der Waals surface area contributed by atoms with E-state index in [4.69, 9.17) is 0 Å². The average molecular weight is 482 g/mol. The van der Waals surface area contributed by atoms with Crippen LogP contribution in [0.4, 0.5) is 18.0 Å². The van der Waals surface area contributed by atoms with Gasteiger partial charge in [-0.15, -0.1) is 0 Å². The summed E-state index contributed by atoms with van der Waals surface area (Å²) in [6.45, 7) is 2.85. The summed E-state index contributed by atoms with van der Waals surface area (Å²) in [5, 5.41) is 3.22. The SMILES string of the molecule is CC(C)Cn1c(SCCNC(=O)OCC(F)(F)F)nc2ccc(Br)cc2c1=O. The van der Waals surface area contributed by atoms with Crippen molar-refractivity contribution in [2.45, 2.75) is 31.7 Å². The third-order valence-electron chi connectivity index (χ3n) is 3.40. The molecule has 154 valence electrons. The van der Waals surface area contributed by atoms with Gasteiger partial charge in [0, 0.05) is 23.3 Å². The van der Waals surface area contributed by atoms with E-state index in [0.717, 1.165) is 4.47 Å². The zero-order chi connectivity index (χ0) is 20.9. The molecule has 0 spiro atoms. The van der Waals surface area contributed by atoms with E-state index in [0.29, 0.717) is 28.4 Å². The Morgan fingerprint density at radius 3 is 2.75 bits per heavy atom. The van der Waals surface area contributed by atoms with Gasteiger partial charge in [-0.05, 0) is 24.1 Å². The fourth-order valence-electron chi connectivity index (χ4n) is 2.30. The lowest BCUT2D eigenvalue weighted by Gasteiger charge is -2.15. The van der Waals surface area contributed by atoms with Crippen molar-refractivity contribution in [3.05, 3.63) is 33.0 Å². The fraction of sp³-hybridized carbons (Fsp3) is 0.471. The molecular formula is C17H19BrF3N3O3S. The van der Waals surface area contributed by atoms with Crippen molar-refractivity contribution >= 4 is 44.7 Å². The monoisotopic (exact) mass is 481 g/mol. The van der Waals surface area contributed by atoms with Crippen LogP contribution in [0.25, 0.3) is 10.9 Å². The van der Waals surface area contributed by atoms with Crippen molar-refractivity contribution in [3.63, 3.8) is 0 Å². The molecule has 2 rings (SSSR count). The van der Waals surface area contributed by atoms with Crippen LogP contribution in [0, 0.1) is 5.92 Å². The molecule has 1 aromatic carbocycles. The summed E-state index contributed by atoms with van der Waals surface area (Å²) in [6.07, 6.45) is -5.71. The Kier molecular flexibility index (Phi) is 7.76. The second-order valence-electron chi connectivity index (χ2n) is 6.33. The lowest BCUT2D eigenvalue weighted by Crippen LogP contribution is -2.30. The molecule has 28 heavy (non-hydrogen) atoms. The van der Waals surface area contributed by atoms with E-state index >= 15 is 0 Å². The predicted octanol–water partition coefficient (Wildman–Crippen LogP) is 4.20. The Hall–Kier alpha value is -1.75. The average Bonchev–Trinajstić information content (AvgIpc) is 2.59. The van der Waals surface area contributed by atoms with Gasteiger partial charge >= 0.3 is 12.3 Å². The molecule has 2 aromatic rings. The Balaban J connectivity index is 2.08. The summed E-state index contributed by atoms with van der Waals surface area (Å²) >= 11 is 4.58. The fourth-order valence-corrected chi connectivity index (χ4v) is 3.53. The molecule has 0 aliphatic heterocycles. The van der Waals surface area contributed by atoms with Crippen LogP contribution >= 0.6 is 27.7 Å². The molecule has 0 bridgehead atoms. The Labute approximate surface area is 172 Å². The molecule has 0 unspecified atom stereocenters. The number of amides is 1. The quantitative estimate of drug-likeness (QED) is 0.364. The summed E-state index contributed by atoms with van der Waals surface area (Å²) < 4.78 is 42.4. The van der Waals surface area contributed by atoms with Crippen LogP contribution in [0.1, 0.15) is 13.8 Å². The van der Waals surface area contributed by atoms with Crippen LogP contribution in [-0.4, -0.2) is 40.7 Å². The van der Waals surface area contributed by atoms with E-state index in [1.54, 1.807) is 22.8 Å². The van der Waals surface area contributed by atoms with Gasteiger partial charge < -0.3 is 10.1 Å². The minimum Gasteiger partial charge on any atom is -0.440 e. The molecule has 1 heterocycles. The number of fused-ring (bicyclic) bond motifs is 1. The Bertz CT molecular complexity index is 903. The van der Waals surface area contributed by atoms with Gasteiger partial charge in [0.25, 0.3) is 5.56 Å². The second-order valence-corrected chi connectivity index (χ2v) is 8.31. The van der Waals surface area contributed by atoms with Crippen molar-refractivity contribution in [1.29, 1.82) is 0 Å². The highest BCUT2D eigenvalue weighted by molar-refractivity contribution is 9.10. The summed E-state index contributed by atoms with van der Waals surface area (Å²) in [5.74, 6) is 0.521. The standard InChI is InChI=1S/C17H19BrF3N3O3S/c1-10(2)8-24-14(25)12-7-11(18)3-4-13(12)23-15(24)28-6-5-22-16(26)27-9-17(19,20)21/h3-4,7,10H,5-6,8-9H2,1-2H3,(H,22,26). The lowest BCUT2D eigenvalue weighted by atomic mass is 10.2. The van der Waals surface area contributed by atoms with E-state index in [9.17, 15) is 22.8 Å². The molecule has 0 fully saturated rings. The summed E-state index contributed by atoms with van der Waals surface area (Å²) in [6, 6.07) is 5.24. The van der Waals surface area contributed by atoms with Gasteiger partial charge in [0.05, 0.1) is 10.9 Å². The minimum atomic E-state index is -4.57. The Morgan fingerprint density at radius 2 is 2.11 bits per heavy atom. The van der Waals surface area contributed by atoms with Crippen molar-refractivity contribution < 1.29 is 22.7 Å². The molecule has 11 heteroatoms. The molecule has 0 radical (unpaired) electrons. The van der Waals surface area contributed by atoms with Crippen LogP contribution in [0.2, 0.25) is 0 Å². The first-order valence-electron chi connectivity index (χ1n) is 8.37. The number of rotatable bonds is 7. The third kappa shape index (κ3) is 6.69. The normalized spacial score (nSPS) is 11.8. The van der Waals surface area contributed by atoms with Crippen molar-refractivity contribution in [3.8, 4) is 0 Å². The molecule has 1 aromatic heterocycles. The van der Waals surface area contributed by atoms with Gasteiger partial charge in [-0.1, -0.05) is 41.5 Å². The number of halogens is 4. The number of alkyl halides is 3. The first kappa shape index (κ1) is 22.5. The zero-order valence-corrected chi connectivity index (χ0v) is 17.6. The van der Waals surface area contributed by atoms with Crippen LogP contribution < -0.4 is 10.9 Å². The van der Waals surface area contributed by atoms with Gasteiger partial charge in [0.2, 0.25) is 0 Å². The molecule has 0 saturated carbocycles. The summed E-state index contributed by atoms with van der Waals surface area (Å²) in [5.41, 5.74) is 0.383. The maximum Gasteiger partial charge on any atom is 0.422 e. The van der Waals surface area contributed by atoms with Gasteiger partial charge in [-0.2, -0.15) is 13.2 Å². The molecule has 0 saturated heterocycles. The molecule has 1 N–H and O–H groups in total. The molecule has 0 aliphatic rings. The predicted molar refractivity (Wildman–Crippen MR) is 105 cm³/mol. The van der Waals surface area contributed by atoms with Crippen LogP contribution in [0.15, 0.2) is 32.6 Å². The molecular weight excluding hydrogens is 463 g/mol. The molecule has 0 atom stereocenters. The number of carbonyl (C=O) groups is 1. The first-order chi connectivity index (χ1) is 13.1. The zero-order valence-electron chi connectivity index (χ0n) is 15.2. The van der Waals surface area contributed by atoms with E-state index in [-0.39, 0.29) is 18.0 Å². The second kappa shape index (κ2) is 9.64. The van der Waals surface area contributed by atoms with E-state index in [1.807, 2.05) is 13.8 Å². The van der Waals surface area contributed by atoms with Crippen molar-refractivity contribution in [2.75, 3.05) is 18.9 Å². The summed E-state index contributed by atoms with van der Waals surface area (Å²) in [7, 11) is 0. The smallest absolute Gasteiger partial charge is 0.422 e. The molecule has 6 nitrogen and oxygen atoms in total. The highest BCUT2D eigenvalue weighted by atomic mass is 79.9. The Morgan fingerprint density at radius 1 is 1.39 bits per heavy atom. The molecule has 0 aliphatic carbocycles. The number of aromatic nitrogens is 2. The van der Waals surface area contributed by atoms with Gasteiger partial charge in [-0.25, -0.2) is 9.78 Å². The third-order valence-corrected chi connectivity index (χ3v) is 4.87. The first-order valence-corrected chi connectivity index (χ1v) is 10.1. The van der Waals surface area contributed by atoms with Crippen LogP contribution in [0.5, 0.6) is 0 Å². The van der Waals surface area contributed by atoms with Gasteiger partial charge in [-0.3, -0.25) is 9.36 Å². The maximum absolute atomic E-state index is 12.8. The van der Waals surface area contributed by atoms with Crippen LogP contribution in [-0.2, 0) is 11.3 Å². The highest BCUT2D eigenvalue weighted by Gasteiger charge is 2.29. The molecule has 1 amide bonds. The van der Waals surface area contributed by atoms with Crippen molar-refractivity contribution in [2.24, 2.45) is 5.92 Å². The number of nitrogens with zero attached hydrogens (tertiary/aromatic N) is 2. The topological polar surface area (TPSA) is 73.2 Å². The van der Waals surface area contributed by atoms with Crippen molar-refractivity contribution in [1.82, 2.24) is 14.9 Å². The number of carbonyl (C=O) groups excluding carboxylic acids is 1. The van der Waals surface area contributed by atoms with Gasteiger partial charge in [0.15, 0.2) is 11.8 Å². The minimum absolute atomic E-state index is 0.0667. The maximum atomic E-state index is 12.8. The van der Waals surface area contributed by atoms with Gasteiger partial charge in [0.1, 0.15) is 0 Å². The number of benzene rings is 1. The number of hydrogen-bond donors (Lipinski definition) is 1. The lowest BCUT2D eigenvalue weighted by molar-refractivity contribution is -0.160. The number of thioether (sulfide) groups is 1. The van der Waals surface area contributed by atoms with E-state index < -0.39 is 18.9 Å². The largest absolute Gasteiger partial charge is 0.440 e. The summed E-state index contributed by atoms with van der Waals surface area (Å²) in [4.78, 5) is 28.6. The van der Waals surface area contributed by atoms with Crippen LogP contribution in [0.3, 0.4) is 0 Å².